The largest absolute Gasteiger partial charge is 0.500 e. The molecule has 10 nitrogen and oxygen atoms in total. The fourth-order valence-electron chi connectivity index (χ4n) is 5.68. The van der Waals surface area contributed by atoms with Crippen molar-refractivity contribution < 1.29 is 31.0 Å². The van der Waals surface area contributed by atoms with Crippen molar-refractivity contribution in [2.24, 2.45) is 0 Å². The average molecular weight is 554 g/mol. The van der Waals surface area contributed by atoms with Gasteiger partial charge in [-0.25, -0.2) is 0 Å². The molecule has 0 bridgehead atoms. The van der Waals surface area contributed by atoms with Gasteiger partial charge in [-0.1, -0.05) is 0 Å². The molecule has 0 amide bonds. The van der Waals surface area contributed by atoms with E-state index in [-0.39, 0.29) is 0 Å². The van der Waals surface area contributed by atoms with Crippen LogP contribution in [0, 0.1) is 0 Å². The van der Waals surface area contributed by atoms with E-state index in [4.69, 9.17) is 31.0 Å². The zero-order valence-electron chi connectivity index (χ0n) is 23.3. The zero-order chi connectivity index (χ0) is 25.8. The van der Waals surface area contributed by atoms with Crippen molar-refractivity contribution in [3.05, 3.63) is 0 Å². The van der Waals surface area contributed by atoms with Gasteiger partial charge < -0.3 is 35.9 Å². The van der Waals surface area contributed by atoms with Crippen LogP contribution in [0.2, 0.25) is 18.1 Å². The molecule has 2 aliphatic heterocycles. The summed E-state index contributed by atoms with van der Waals surface area (Å²) in [5, 5.41) is 0. The number of hydrogen-bond acceptors (Lipinski definition) is 10. The monoisotopic (exact) mass is 553 g/mol. The molecular formula is C22H51N3O7Si3. The third kappa shape index (κ3) is 8.12. The Kier molecular flexibility index (Phi) is 14.0. The maximum absolute atomic E-state index is 5.89. The Morgan fingerprint density at radius 3 is 1.40 bits per heavy atom. The predicted octanol–water partition coefficient (Wildman–Crippen LogP) is 2.21. The molecule has 0 aromatic heterocycles. The fourth-order valence-corrected chi connectivity index (χ4v) is 13.4. The van der Waals surface area contributed by atoms with E-state index in [2.05, 4.69) is 14.0 Å². The lowest BCUT2D eigenvalue weighted by atomic mass is 10.3. The van der Waals surface area contributed by atoms with E-state index in [0.717, 1.165) is 96.0 Å². The molecule has 208 valence electrons. The third-order valence-electron chi connectivity index (χ3n) is 7.78. The second-order valence-electron chi connectivity index (χ2n) is 9.37. The van der Waals surface area contributed by atoms with E-state index in [0.29, 0.717) is 0 Å². The lowest BCUT2D eigenvalue weighted by molar-refractivity contribution is 0.120. The van der Waals surface area contributed by atoms with Gasteiger partial charge in [0.2, 0.25) is 0 Å². The molecule has 0 radical (unpaired) electrons. The molecule has 2 heterocycles. The van der Waals surface area contributed by atoms with E-state index in [9.17, 15) is 0 Å². The average Bonchev–Trinajstić information content (AvgIpc) is 3.51. The predicted molar refractivity (Wildman–Crippen MR) is 143 cm³/mol. The molecule has 0 saturated carbocycles. The van der Waals surface area contributed by atoms with Gasteiger partial charge in [0.15, 0.2) is 0 Å². The molecule has 0 spiro atoms. The van der Waals surface area contributed by atoms with Crippen LogP contribution in [-0.2, 0) is 31.0 Å². The molecule has 2 aliphatic rings. The van der Waals surface area contributed by atoms with Crippen molar-refractivity contribution in [2.45, 2.75) is 50.2 Å². The minimum Gasteiger partial charge on any atom is -0.386 e. The van der Waals surface area contributed by atoms with Gasteiger partial charge in [-0.05, 0) is 77.9 Å². The molecule has 0 aliphatic carbocycles. The highest BCUT2D eigenvalue weighted by Crippen LogP contribution is 2.28. The van der Waals surface area contributed by atoms with Crippen LogP contribution in [0.3, 0.4) is 0 Å². The van der Waals surface area contributed by atoms with Crippen LogP contribution in [-0.4, -0.2) is 136 Å². The van der Waals surface area contributed by atoms with Crippen molar-refractivity contribution in [3.8, 4) is 0 Å². The Balaban J connectivity index is 1.90. The summed E-state index contributed by atoms with van der Waals surface area (Å²) >= 11 is 0. The highest BCUT2D eigenvalue weighted by molar-refractivity contribution is 6.65. The Morgan fingerprint density at radius 1 is 0.629 bits per heavy atom. The second-order valence-corrected chi connectivity index (χ2v) is 19.2. The first-order chi connectivity index (χ1) is 16.9. The Morgan fingerprint density at radius 2 is 1.03 bits per heavy atom. The fraction of sp³-hybridized carbons (Fsp3) is 1.00. The number of nitrogens with zero attached hydrogens (tertiary/aromatic N) is 3. The molecule has 0 N–H and O–H groups in total. The van der Waals surface area contributed by atoms with Gasteiger partial charge in [-0.3, -0.25) is 9.13 Å². The van der Waals surface area contributed by atoms with E-state index in [1.807, 2.05) is 0 Å². The van der Waals surface area contributed by atoms with Crippen LogP contribution in [0.15, 0.2) is 0 Å². The Bertz CT molecular complexity index is 540. The molecule has 2 saturated heterocycles. The van der Waals surface area contributed by atoms with Gasteiger partial charge in [-0.2, -0.15) is 0 Å². The van der Waals surface area contributed by atoms with Gasteiger partial charge in [0.1, 0.15) is 0 Å². The highest BCUT2D eigenvalue weighted by Gasteiger charge is 2.48. The van der Waals surface area contributed by atoms with Crippen LogP contribution >= 0.6 is 0 Å². The molecule has 2 rings (SSSR count). The smallest absolute Gasteiger partial charge is 0.386 e. The molecule has 13 heteroatoms. The first-order valence-electron chi connectivity index (χ1n) is 13.0. The summed E-state index contributed by atoms with van der Waals surface area (Å²) in [6.07, 6.45) is 5.51. The highest BCUT2D eigenvalue weighted by atomic mass is 28.4. The van der Waals surface area contributed by atoms with Crippen molar-refractivity contribution in [2.75, 3.05) is 95.6 Å². The minimum atomic E-state index is -2.55. The summed E-state index contributed by atoms with van der Waals surface area (Å²) in [6.45, 7) is 7.29. The first-order valence-corrected chi connectivity index (χ1v) is 18.9. The topological polar surface area (TPSA) is 74.3 Å². The van der Waals surface area contributed by atoms with Gasteiger partial charge >= 0.3 is 26.2 Å². The maximum atomic E-state index is 5.89. The Labute approximate surface area is 217 Å². The van der Waals surface area contributed by atoms with Crippen LogP contribution in [0.25, 0.3) is 0 Å². The number of hydrogen-bond donors (Lipinski definition) is 0. The molecule has 0 unspecified atom stereocenters. The SMILES string of the molecule is CO[Si](CCCN(CCCN1CCC[Si]1(OC)OC)CCCN1CCC[Si]1(OC)OC)(OC)OC. The van der Waals surface area contributed by atoms with E-state index in [1.165, 1.54) is 0 Å². The summed E-state index contributed by atoms with van der Waals surface area (Å²) < 4.78 is 45.4. The van der Waals surface area contributed by atoms with Gasteiger partial charge in [-0.15, -0.1) is 0 Å². The van der Waals surface area contributed by atoms with Gasteiger partial charge in [0, 0.05) is 67.9 Å². The summed E-state index contributed by atoms with van der Waals surface area (Å²) in [4.78, 5) is 2.58. The van der Waals surface area contributed by atoms with E-state index < -0.39 is 26.2 Å². The first kappa shape index (κ1) is 31.5. The van der Waals surface area contributed by atoms with E-state index >= 15 is 0 Å². The van der Waals surface area contributed by atoms with Crippen molar-refractivity contribution >= 4 is 26.2 Å². The van der Waals surface area contributed by atoms with Crippen molar-refractivity contribution in [3.63, 3.8) is 0 Å². The minimum absolute atomic E-state index is 0.817. The zero-order valence-corrected chi connectivity index (χ0v) is 26.3. The molecule has 0 aromatic rings. The normalized spacial score (nSPS) is 20.9. The summed E-state index contributed by atoms with van der Waals surface area (Å²) in [7, 11) is 5.39. The summed E-state index contributed by atoms with van der Waals surface area (Å²) in [5.74, 6) is 0. The van der Waals surface area contributed by atoms with Crippen LogP contribution in [0.4, 0.5) is 0 Å². The maximum Gasteiger partial charge on any atom is 0.500 e. The summed E-state index contributed by atoms with van der Waals surface area (Å²) in [5.41, 5.74) is 0. The molecule has 0 atom stereocenters. The van der Waals surface area contributed by atoms with E-state index in [1.54, 1.807) is 49.8 Å². The quantitative estimate of drug-likeness (QED) is 0.222. The molecule has 2 fully saturated rings. The van der Waals surface area contributed by atoms with Crippen LogP contribution in [0.1, 0.15) is 32.1 Å². The Hall–Kier alpha value is 0.251. The standard InChI is InChI=1S/C22H51N3O7Si3/c1-26-33(27-2)20-11-18-24(33)16-8-13-23(15-10-22-35(30-5,31-6)32-7)14-9-17-25-19-12-21-34(25,28-3)29-4/h8-22H2,1-7H3. The molecule has 35 heavy (non-hydrogen) atoms. The van der Waals surface area contributed by atoms with Crippen molar-refractivity contribution in [1.82, 2.24) is 14.0 Å². The van der Waals surface area contributed by atoms with Gasteiger partial charge in [0.25, 0.3) is 0 Å². The van der Waals surface area contributed by atoms with Crippen LogP contribution < -0.4 is 0 Å². The van der Waals surface area contributed by atoms with Gasteiger partial charge in [0.05, 0.1) is 0 Å². The molecule has 0 aromatic carbocycles. The van der Waals surface area contributed by atoms with Crippen LogP contribution in [0.5, 0.6) is 0 Å². The van der Waals surface area contributed by atoms with Crippen molar-refractivity contribution in [1.29, 1.82) is 0 Å². The lowest BCUT2D eigenvalue weighted by Crippen LogP contribution is -2.54. The summed E-state index contributed by atoms with van der Waals surface area (Å²) in [6, 6.07) is 2.93. The third-order valence-corrected chi connectivity index (χ3v) is 18.0. The lowest BCUT2D eigenvalue weighted by Gasteiger charge is -2.34. The second kappa shape index (κ2) is 15.6. The number of rotatable bonds is 19. The molecular weight excluding hydrogens is 503 g/mol.